The van der Waals surface area contributed by atoms with Crippen LogP contribution in [0.15, 0.2) is 42.5 Å². The molecule has 25 heavy (non-hydrogen) atoms. The van der Waals surface area contributed by atoms with Gasteiger partial charge in [0, 0.05) is 23.7 Å². The third-order valence-corrected chi connectivity index (χ3v) is 4.53. The molecule has 1 fully saturated rings. The molecule has 1 N–H and O–H groups in total. The number of amides is 2. The van der Waals surface area contributed by atoms with E-state index in [1.54, 1.807) is 42.5 Å². The summed E-state index contributed by atoms with van der Waals surface area (Å²) in [5.74, 6) is -0.961. The molecule has 5 nitrogen and oxygen atoms in total. The Bertz CT molecular complexity index is 892. The molecule has 2 aromatic carbocycles. The van der Waals surface area contributed by atoms with Gasteiger partial charge in [-0.25, -0.2) is 0 Å². The fourth-order valence-corrected chi connectivity index (χ4v) is 3.04. The smallest absolute Gasteiger partial charge is 0.229 e. The lowest BCUT2D eigenvalue weighted by molar-refractivity contribution is -0.122. The van der Waals surface area contributed by atoms with Crippen molar-refractivity contribution in [2.24, 2.45) is 5.92 Å². The van der Waals surface area contributed by atoms with E-state index >= 15 is 0 Å². The summed E-state index contributed by atoms with van der Waals surface area (Å²) < 4.78 is 0. The molecular formula is C18H13Cl2N3O2. The van der Waals surface area contributed by atoms with Crippen LogP contribution in [0.5, 0.6) is 0 Å². The quantitative estimate of drug-likeness (QED) is 0.887. The molecule has 1 atom stereocenters. The molecule has 126 valence electrons. The summed E-state index contributed by atoms with van der Waals surface area (Å²) in [6, 6.07) is 13.6. The number of halogens is 2. The van der Waals surface area contributed by atoms with Gasteiger partial charge in [0.25, 0.3) is 0 Å². The second-order valence-corrected chi connectivity index (χ2v) is 6.52. The molecule has 1 unspecified atom stereocenters. The molecule has 0 bridgehead atoms. The monoisotopic (exact) mass is 373 g/mol. The number of carbonyl (C=O) groups excluding carboxylic acids is 2. The Labute approximate surface area is 154 Å². The minimum absolute atomic E-state index is 0.0980. The number of rotatable bonds is 3. The van der Waals surface area contributed by atoms with Gasteiger partial charge in [-0.1, -0.05) is 29.3 Å². The van der Waals surface area contributed by atoms with Gasteiger partial charge in [0.05, 0.1) is 28.3 Å². The average Bonchev–Trinajstić information content (AvgIpc) is 3.00. The lowest BCUT2D eigenvalue weighted by atomic mass is 10.1. The van der Waals surface area contributed by atoms with E-state index in [4.69, 9.17) is 28.5 Å². The molecule has 7 heteroatoms. The first-order valence-electron chi connectivity index (χ1n) is 7.54. The molecule has 2 aromatic rings. The van der Waals surface area contributed by atoms with Crippen molar-refractivity contribution in [3.05, 3.63) is 58.1 Å². The lowest BCUT2D eigenvalue weighted by Crippen LogP contribution is -2.28. The highest BCUT2D eigenvalue weighted by Crippen LogP contribution is 2.29. The van der Waals surface area contributed by atoms with Gasteiger partial charge in [0.15, 0.2) is 0 Å². The van der Waals surface area contributed by atoms with Crippen molar-refractivity contribution in [2.75, 3.05) is 16.8 Å². The number of hydrogen-bond acceptors (Lipinski definition) is 3. The summed E-state index contributed by atoms with van der Waals surface area (Å²) in [4.78, 5) is 26.3. The van der Waals surface area contributed by atoms with Crippen LogP contribution in [-0.4, -0.2) is 18.4 Å². The zero-order valence-corrected chi connectivity index (χ0v) is 14.5. The van der Waals surface area contributed by atoms with E-state index in [0.29, 0.717) is 27.0 Å². The van der Waals surface area contributed by atoms with E-state index in [2.05, 4.69) is 5.32 Å². The van der Waals surface area contributed by atoms with Crippen LogP contribution in [0, 0.1) is 17.2 Å². The predicted molar refractivity (Wildman–Crippen MR) is 96.7 cm³/mol. The molecule has 1 aliphatic rings. The number of benzene rings is 2. The number of nitrogens with zero attached hydrogens (tertiary/aromatic N) is 2. The molecule has 0 radical (unpaired) electrons. The van der Waals surface area contributed by atoms with Crippen LogP contribution in [0.1, 0.15) is 12.0 Å². The highest BCUT2D eigenvalue weighted by molar-refractivity contribution is 6.35. The zero-order valence-electron chi connectivity index (χ0n) is 13.0. The first kappa shape index (κ1) is 17.3. The summed E-state index contributed by atoms with van der Waals surface area (Å²) in [5, 5.41) is 12.5. The SMILES string of the molecule is N#Cc1cccc(N2CC(C(=O)Nc3cc(Cl)ccc3Cl)CC2=O)c1. The summed E-state index contributed by atoms with van der Waals surface area (Å²) >= 11 is 12.0. The fourth-order valence-electron chi connectivity index (χ4n) is 2.70. The lowest BCUT2D eigenvalue weighted by Gasteiger charge is -2.17. The van der Waals surface area contributed by atoms with Gasteiger partial charge in [-0.15, -0.1) is 0 Å². The van der Waals surface area contributed by atoms with Gasteiger partial charge < -0.3 is 10.2 Å². The normalized spacial score (nSPS) is 16.6. The van der Waals surface area contributed by atoms with Crippen LogP contribution in [-0.2, 0) is 9.59 Å². The number of nitrogens with one attached hydrogen (secondary N) is 1. The number of carbonyl (C=O) groups is 2. The van der Waals surface area contributed by atoms with Crippen LogP contribution >= 0.6 is 23.2 Å². The second-order valence-electron chi connectivity index (χ2n) is 5.68. The average molecular weight is 374 g/mol. The standard InChI is InChI=1S/C18H13Cl2N3O2/c19-13-4-5-15(20)16(8-13)22-18(25)12-7-17(24)23(10-12)14-3-1-2-11(6-14)9-21/h1-6,8,12H,7,10H2,(H,22,25). The van der Waals surface area contributed by atoms with Crippen molar-refractivity contribution in [3.63, 3.8) is 0 Å². The first-order chi connectivity index (χ1) is 12.0. The highest BCUT2D eigenvalue weighted by Gasteiger charge is 2.35. The highest BCUT2D eigenvalue weighted by atomic mass is 35.5. The minimum Gasteiger partial charge on any atom is -0.324 e. The van der Waals surface area contributed by atoms with E-state index in [1.165, 1.54) is 4.90 Å². The summed E-state index contributed by atoms with van der Waals surface area (Å²) in [6.45, 7) is 0.248. The number of anilines is 2. The molecule has 0 saturated carbocycles. The van der Waals surface area contributed by atoms with Gasteiger partial charge in [0.2, 0.25) is 11.8 Å². The van der Waals surface area contributed by atoms with E-state index in [-0.39, 0.29) is 24.8 Å². The fraction of sp³-hybridized carbons (Fsp3) is 0.167. The van der Waals surface area contributed by atoms with Crippen LogP contribution in [0.2, 0.25) is 10.0 Å². The van der Waals surface area contributed by atoms with Gasteiger partial charge in [-0.05, 0) is 36.4 Å². The number of hydrogen-bond donors (Lipinski definition) is 1. The Kier molecular flexibility index (Phi) is 4.93. The summed E-state index contributed by atoms with van der Waals surface area (Å²) in [5.41, 5.74) is 1.49. The maximum atomic E-state index is 12.5. The van der Waals surface area contributed by atoms with Crippen molar-refractivity contribution in [3.8, 4) is 6.07 Å². The molecule has 1 saturated heterocycles. The van der Waals surface area contributed by atoms with Crippen molar-refractivity contribution >= 4 is 46.4 Å². The Hall–Kier alpha value is -2.55. The maximum absolute atomic E-state index is 12.5. The minimum atomic E-state index is -0.506. The Morgan fingerprint density at radius 2 is 2.04 bits per heavy atom. The van der Waals surface area contributed by atoms with E-state index in [1.807, 2.05) is 6.07 Å². The number of nitriles is 1. The van der Waals surface area contributed by atoms with Crippen LogP contribution in [0.4, 0.5) is 11.4 Å². The Morgan fingerprint density at radius 1 is 1.24 bits per heavy atom. The largest absolute Gasteiger partial charge is 0.324 e. The first-order valence-corrected chi connectivity index (χ1v) is 8.30. The third kappa shape index (κ3) is 3.76. The zero-order chi connectivity index (χ0) is 18.0. The summed E-state index contributed by atoms with van der Waals surface area (Å²) in [6.07, 6.45) is 0.0980. The molecule has 0 aliphatic carbocycles. The van der Waals surface area contributed by atoms with Crippen molar-refractivity contribution < 1.29 is 9.59 Å². The van der Waals surface area contributed by atoms with Crippen molar-refractivity contribution in [1.82, 2.24) is 0 Å². The topological polar surface area (TPSA) is 73.2 Å². The molecule has 2 amide bonds. The predicted octanol–water partition coefficient (Wildman–Crippen LogP) is 3.86. The van der Waals surface area contributed by atoms with Gasteiger partial charge in [-0.3, -0.25) is 9.59 Å². The second kappa shape index (κ2) is 7.14. The molecule has 0 aromatic heterocycles. The molecule has 0 spiro atoms. The van der Waals surface area contributed by atoms with E-state index in [9.17, 15) is 9.59 Å². The van der Waals surface area contributed by atoms with Crippen LogP contribution < -0.4 is 10.2 Å². The summed E-state index contributed by atoms with van der Waals surface area (Å²) in [7, 11) is 0. The Balaban J connectivity index is 1.74. The van der Waals surface area contributed by atoms with Gasteiger partial charge in [-0.2, -0.15) is 5.26 Å². The Morgan fingerprint density at radius 3 is 2.80 bits per heavy atom. The third-order valence-electron chi connectivity index (χ3n) is 3.97. The molecule has 1 aliphatic heterocycles. The molecule has 1 heterocycles. The van der Waals surface area contributed by atoms with Gasteiger partial charge >= 0.3 is 0 Å². The van der Waals surface area contributed by atoms with Crippen molar-refractivity contribution in [2.45, 2.75) is 6.42 Å². The van der Waals surface area contributed by atoms with Crippen LogP contribution in [0.3, 0.4) is 0 Å². The maximum Gasteiger partial charge on any atom is 0.229 e. The van der Waals surface area contributed by atoms with Gasteiger partial charge in [0.1, 0.15) is 0 Å². The van der Waals surface area contributed by atoms with E-state index in [0.717, 1.165) is 0 Å². The van der Waals surface area contributed by atoms with E-state index < -0.39 is 5.92 Å². The van der Waals surface area contributed by atoms with Crippen molar-refractivity contribution in [1.29, 1.82) is 5.26 Å². The molecular weight excluding hydrogens is 361 g/mol. The molecule has 3 rings (SSSR count). The van der Waals surface area contributed by atoms with Crippen LogP contribution in [0.25, 0.3) is 0 Å².